The van der Waals surface area contributed by atoms with Gasteiger partial charge in [-0.25, -0.2) is 0 Å². The lowest BCUT2D eigenvalue weighted by molar-refractivity contribution is -0.140. The van der Waals surface area contributed by atoms with E-state index in [4.69, 9.17) is 4.74 Å². The number of carbonyl (C=O) groups is 1. The molecule has 2 heterocycles. The van der Waals surface area contributed by atoms with Crippen LogP contribution in [0.5, 0.6) is 0 Å². The van der Waals surface area contributed by atoms with Crippen LogP contribution in [-0.2, 0) is 23.0 Å². The van der Waals surface area contributed by atoms with Gasteiger partial charge in [-0.05, 0) is 37.8 Å². The molecule has 1 aromatic heterocycles. The van der Waals surface area contributed by atoms with Gasteiger partial charge in [0.25, 0.3) is 5.91 Å². The summed E-state index contributed by atoms with van der Waals surface area (Å²) >= 11 is 0. The number of amides is 1. The van der Waals surface area contributed by atoms with E-state index in [1.807, 2.05) is 13.1 Å². The van der Waals surface area contributed by atoms with Gasteiger partial charge in [0.1, 0.15) is 11.4 Å². The highest BCUT2D eigenvalue weighted by Gasteiger charge is 2.40. The van der Waals surface area contributed by atoms with Crippen LogP contribution in [0.2, 0.25) is 0 Å². The molecule has 1 aliphatic heterocycles. The molecule has 2 N–H and O–H groups in total. The number of methoxy groups -OCH3 is 1. The van der Waals surface area contributed by atoms with E-state index in [0.717, 1.165) is 31.0 Å². The number of nitrogens with one attached hydrogen (secondary N) is 2. The number of piperidine rings is 1. The van der Waals surface area contributed by atoms with E-state index in [-0.39, 0.29) is 23.7 Å². The molecule has 2 rings (SSSR count). The first kappa shape index (κ1) is 19.9. The number of hydrogen-bond acceptors (Lipinski definition) is 4. The fraction of sp³-hybridized carbons (Fsp3) is 0.750. The fourth-order valence-corrected chi connectivity index (χ4v) is 2.86. The highest BCUT2D eigenvalue weighted by molar-refractivity contribution is 5.96. The highest BCUT2D eigenvalue weighted by atomic mass is 35.5. The lowest BCUT2D eigenvalue weighted by atomic mass is 9.90. The molecular formula is C16H29ClN4O2. The Labute approximate surface area is 144 Å². The SMILES string of the molecule is COC1(C(=O)Nc2cc(CC(C)(C)C)nn2C)CCNCC1.Cl. The molecule has 0 atom stereocenters. The molecule has 0 unspecified atom stereocenters. The third-order valence-electron chi connectivity index (χ3n) is 4.10. The third-order valence-corrected chi connectivity index (χ3v) is 4.10. The van der Waals surface area contributed by atoms with Gasteiger partial charge in [-0.3, -0.25) is 9.48 Å². The van der Waals surface area contributed by atoms with Crippen molar-refractivity contribution in [2.75, 3.05) is 25.5 Å². The van der Waals surface area contributed by atoms with Gasteiger partial charge in [0.15, 0.2) is 0 Å². The first-order valence-electron chi connectivity index (χ1n) is 7.86. The summed E-state index contributed by atoms with van der Waals surface area (Å²) in [5.41, 5.74) is 0.417. The second-order valence-electron chi connectivity index (χ2n) is 7.28. The summed E-state index contributed by atoms with van der Waals surface area (Å²) in [6, 6.07) is 1.95. The van der Waals surface area contributed by atoms with Crippen LogP contribution in [0.4, 0.5) is 5.82 Å². The number of anilines is 1. The monoisotopic (exact) mass is 344 g/mol. The first-order valence-corrected chi connectivity index (χ1v) is 7.86. The van der Waals surface area contributed by atoms with Crippen molar-refractivity contribution in [1.82, 2.24) is 15.1 Å². The Morgan fingerprint density at radius 2 is 2.04 bits per heavy atom. The summed E-state index contributed by atoms with van der Waals surface area (Å²) in [6.07, 6.45) is 2.24. The van der Waals surface area contributed by atoms with Crippen molar-refractivity contribution in [3.05, 3.63) is 11.8 Å². The van der Waals surface area contributed by atoms with E-state index in [1.165, 1.54) is 0 Å². The molecule has 1 fully saturated rings. The highest BCUT2D eigenvalue weighted by Crippen LogP contribution is 2.26. The van der Waals surface area contributed by atoms with Crippen LogP contribution >= 0.6 is 12.4 Å². The Hall–Kier alpha value is -1.11. The maximum Gasteiger partial charge on any atom is 0.257 e. The van der Waals surface area contributed by atoms with Gasteiger partial charge >= 0.3 is 0 Å². The van der Waals surface area contributed by atoms with Gasteiger partial charge in [-0.2, -0.15) is 5.10 Å². The Bertz CT molecular complexity index is 531. The number of rotatable bonds is 4. The second-order valence-corrected chi connectivity index (χ2v) is 7.28. The molecule has 6 nitrogen and oxygen atoms in total. The van der Waals surface area contributed by atoms with Crippen LogP contribution < -0.4 is 10.6 Å². The molecule has 23 heavy (non-hydrogen) atoms. The van der Waals surface area contributed by atoms with Crippen molar-refractivity contribution < 1.29 is 9.53 Å². The Morgan fingerprint density at radius 3 is 2.57 bits per heavy atom. The normalized spacial score (nSPS) is 17.4. The Balaban J connectivity index is 0.00000264. The lowest BCUT2D eigenvalue weighted by Crippen LogP contribution is -2.51. The first-order chi connectivity index (χ1) is 10.3. The molecule has 132 valence electrons. The molecule has 0 saturated carbocycles. The van der Waals surface area contributed by atoms with Crippen molar-refractivity contribution in [2.45, 2.75) is 45.6 Å². The molecular weight excluding hydrogens is 316 g/mol. The molecule has 1 aromatic rings. The van der Waals surface area contributed by atoms with Crippen LogP contribution in [0.3, 0.4) is 0 Å². The molecule has 0 aliphatic carbocycles. The zero-order chi connectivity index (χ0) is 16.4. The van der Waals surface area contributed by atoms with E-state index >= 15 is 0 Å². The van der Waals surface area contributed by atoms with Crippen LogP contribution in [0.15, 0.2) is 6.07 Å². The van der Waals surface area contributed by atoms with Gasteiger partial charge in [0.05, 0.1) is 5.69 Å². The predicted molar refractivity (Wildman–Crippen MR) is 94.1 cm³/mol. The standard InChI is InChI=1S/C16H28N4O2.ClH/c1-15(2,3)11-12-10-13(20(4)19-12)18-14(21)16(22-5)6-8-17-9-7-16;/h10,17H,6-9,11H2,1-5H3,(H,18,21);1H. The minimum atomic E-state index is -0.736. The Morgan fingerprint density at radius 1 is 1.43 bits per heavy atom. The van der Waals surface area contributed by atoms with Crippen molar-refractivity contribution in [3.8, 4) is 0 Å². The summed E-state index contributed by atoms with van der Waals surface area (Å²) in [5, 5.41) is 10.7. The largest absolute Gasteiger partial charge is 0.368 e. The number of ether oxygens (including phenoxy) is 1. The summed E-state index contributed by atoms with van der Waals surface area (Å²) in [7, 11) is 3.46. The maximum absolute atomic E-state index is 12.7. The van der Waals surface area contributed by atoms with E-state index in [0.29, 0.717) is 12.8 Å². The van der Waals surface area contributed by atoms with Crippen LogP contribution in [0.25, 0.3) is 0 Å². The number of aromatic nitrogens is 2. The van der Waals surface area contributed by atoms with Gasteiger partial charge in [0, 0.05) is 20.2 Å². The molecule has 1 saturated heterocycles. The lowest BCUT2D eigenvalue weighted by Gasteiger charge is -2.34. The van der Waals surface area contributed by atoms with E-state index < -0.39 is 5.60 Å². The molecule has 1 amide bonds. The molecule has 0 aromatic carbocycles. The minimum Gasteiger partial charge on any atom is -0.368 e. The quantitative estimate of drug-likeness (QED) is 0.878. The molecule has 7 heteroatoms. The van der Waals surface area contributed by atoms with Crippen molar-refractivity contribution >= 4 is 24.1 Å². The summed E-state index contributed by atoms with van der Waals surface area (Å²) in [6.45, 7) is 8.11. The topological polar surface area (TPSA) is 68.2 Å². The minimum absolute atomic E-state index is 0. The number of hydrogen-bond donors (Lipinski definition) is 2. The zero-order valence-corrected chi connectivity index (χ0v) is 15.5. The van der Waals surface area contributed by atoms with E-state index in [1.54, 1.807) is 11.8 Å². The maximum atomic E-state index is 12.7. The fourth-order valence-electron chi connectivity index (χ4n) is 2.86. The zero-order valence-electron chi connectivity index (χ0n) is 14.7. The molecule has 1 aliphatic rings. The summed E-state index contributed by atoms with van der Waals surface area (Å²) in [5.74, 6) is 0.640. The van der Waals surface area contributed by atoms with Gasteiger partial charge in [-0.1, -0.05) is 20.8 Å². The van der Waals surface area contributed by atoms with Gasteiger partial charge in [-0.15, -0.1) is 12.4 Å². The summed E-state index contributed by atoms with van der Waals surface area (Å²) < 4.78 is 7.28. The molecule has 0 spiro atoms. The van der Waals surface area contributed by atoms with Crippen molar-refractivity contribution in [1.29, 1.82) is 0 Å². The van der Waals surface area contributed by atoms with Crippen LogP contribution in [0, 0.1) is 5.41 Å². The van der Waals surface area contributed by atoms with E-state index in [2.05, 4.69) is 36.5 Å². The number of carbonyl (C=O) groups excluding carboxylic acids is 1. The summed E-state index contributed by atoms with van der Waals surface area (Å²) in [4.78, 5) is 12.7. The number of nitrogens with zero attached hydrogens (tertiary/aromatic N) is 2. The van der Waals surface area contributed by atoms with Crippen molar-refractivity contribution in [2.24, 2.45) is 12.5 Å². The molecule has 0 radical (unpaired) electrons. The number of halogens is 1. The third kappa shape index (κ3) is 4.93. The average Bonchev–Trinajstić information content (AvgIpc) is 2.77. The van der Waals surface area contributed by atoms with Crippen molar-refractivity contribution in [3.63, 3.8) is 0 Å². The number of aryl methyl sites for hydroxylation is 1. The average molecular weight is 345 g/mol. The van der Waals surface area contributed by atoms with E-state index in [9.17, 15) is 4.79 Å². The van der Waals surface area contributed by atoms with Crippen LogP contribution in [-0.4, -0.2) is 41.5 Å². The predicted octanol–water partition coefficient (Wildman–Crippen LogP) is 2.14. The second kappa shape index (κ2) is 7.64. The van der Waals surface area contributed by atoms with Crippen LogP contribution in [0.1, 0.15) is 39.3 Å². The Kier molecular flexibility index (Phi) is 6.62. The molecule has 0 bridgehead atoms. The van der Waals surface area contributed by atoms with Gasteiger partial charge in [0.2, 0.25) is 0 Å². The van der Waals surface area contributed by atoms with Gasteiger partial charge < -0.3 is 15.4 Å². The smallest absolute Gasteiger partial charge is 0.257 e.